The topological polar surface area (TPSA) is 73.3 Å². The zero-order valence-corrected chi connectivity index (χ0v) is 6.14. The van der Waals surface area contributed by atoms with Crippen molar-refractivity contribution in [2.24, 2.45) is 0 Å². The van der Waals surface area contributed by atoms with Gasteiger partial charge in [-0.05, 0) is 6.07 Å². The van der Waals surface area contributed by atoms with Crippen LogP contribution in [-0.4, -0.2) is 20.9 Å². The van der Waals surface area contributed by atoms with E-state index in [1.807, 2.05) is 0 Å². The minimum Gasteiger partial charge on any atom is -0.382 e. The Morgan fingerprint density at radius 3 is 3.08 bits per heavy atom. The lowest BCUT2D eigenvalue weighted by Gasteiger charge is -1.93. The molecule has 2 aromatic rings. The smallest absolute Gasteiger partial charge is 0.151 e. The van der Waals surface area contributed by atoms with Gasteiger partial charge in [-0.3, -0.25) is 4.79 Å². The maximum absolute atomic E-state index is 10.4. The summed E-state index contributed by atoms with van der Waals surface area (Å²) in [5.41, 5.74) is 6.73. The largest absolute Gasteiger partial charge is 0.382 e. The van der Waals surface area contributed by atoms with Crippen molar-refractivity contribution in [3.8, 4) is 0 Å². The highest BCUT2D eigenvalue weighted by atomic mass is 16.1. The van der Waals surface area contributed by atoms with E-state index in [0.717, 1.165) is 6.29 Å². The Labute approximate surface area is 67.8 Å². The standard InChI is InChI=1S/C7H6N4O/c8-7-6-1-5(3-12)2-11(6)10-4-9-7/h1-4H,(H2,8,9,10). The van der Waals surface area contributed by atoms with E-state index in [2.05, 4.69) is 10.1 Å². The van der Waals surface area contributed by atoms with Crippen LogP contribution in [0.2, 0.25) is 0 Å². The summed E-state index contributed by atoms with van der Waals surface area (Å²) in [7, 11) is 0. The summed E-state index contributed by atoms with van der Waals surface area (Å²) in [5.74, 6) is 0.373. The molecule has 2 N–H and O–H groups in total. The van der Waals surface area contributed by atoms with Gasteiger partial charge in [-0.15, -0.1) is 0 Å². The second-order valence-electron chi connectivity index (χ2n) is 2.37. The fraction of sp³-hybridized carbons (Fsp3) is 0. The van der Waals surface area contributed by atoms with Gasteiger partial charge in [0.15, 0.2) is 12.1 Å². The zero-order chi connectivity index (χ0) is 8.55. The molecule has 0 saturated heterocycles. The summed E-state index contributed by atoms with van der Waals surface area (Å²) >= 11 is 0. The van der Waals surface area contributed by atoms with Crippen LogP contribution in [0.15, 0.2) is 18.6 Å². The van der Waals surface area contributed by atoms with Crippen molar-refractivity contribution in [1.29, 1.82) is 0 Å². The third-order valence-electron chi connectivity index (χ3n) is 1.59. The van der Waals surface area contributed by atoms with Crippen molar-refractivity contribution in [3.05, 3.63) is 24.2 Å². The van der Waals surface area contributed by atoms with E-state index >= 15 is 0 Å². The molecule has 0 spiro atoms. The van der Waals surface area contributed by atoms with Crippen LogP contribution in [0.3, 0.4) is 0 Å². The number of hydrogen-bond acceptors (Lipinski definition) is 4. The lowest BCUT2D eigenvalue weighted by molar-refractivity contribution is 0.112. The van der Waals surface area contributed by atoms with E-state index < -0.39 is 0 Å². The fourth-order valence-corrected chi connectivity index (χ4v) is 1.03. The van der Waals surface area contributed by atoms with E-state index in [4.69, 9.17) is 5.73 Å². The molecule has 12 heavy (non-hydrogen) atoms. The minimum absolute atomic E-state index is 0.373. The second-order valence-corrected chi connectivity index (χ2v) is 2.37. The van der Waals surface area contributed by atoms with Gasteiger partial charge >= 0.3 is 0 Å². The summed E-state index contributed by atoms with van der Waals surface area (Å²) in [6.45, 7) is 0. The molecule has 60 valence electrons. The van der Waals surface area contributed by atoms with Crippen LogP contribution < -0.4 is 5.73 Å². The maximum atomic E-state index is 10.4. The van der Waals surface area contributed by atoms with E-state index in [0.29, 0.717) is 16.9 Å². The lowest BCUT2D eigenvalue weighted by atomic mass is 10.3. The molecule has 0 aliphatic rings. The number of carbonyl (C=O) groups is 1. The monoisotopic (exact) mass is 162 g/mol. The quantitative estimate of drug-likeness (QED) is 0.604. The van der Waals surface area contributed by atoms with Crippen molar-refractivity contribution < 1.29 is 4.79 Å². The number of anilines is 1. The molecule has 0 bridgehead atoms. The van der Waals surface area contributed by atoms with Crippen molar-refractivity contribution in [1.82, 2.24) is 14.6 Å². The molecule has 0 atom stereocenters. The highest BCUT2D eigenvalue weighted by molar-refractivity contribution is 5.80. The number of rotatable bonds is 1. The maximum Gasteiger partial charge on any atom is 0.151 e. The van der Waals surface area contributed by atoms with E-state index in [9.17, 15) is 4.79 Å². The van der Waals surface area contributed by atoms with Crippen LogP contribution >= 0.6 is 0 Å². The summed E-state index contributed by atoms with van der Waals surface area (Å²) in [4.78, 5) is 14.2. The number of fused-ring (bicyclic) bond motifs is 1. The van der Waals surface area contributed by atoms with Crippen LogP contribution in [-0.2, 0) is 0 Å². The molecule has 2 aromatic heterocycles. The molecule has 5 nitrogen and oxygen atoms in total. The molecule has 0 aliphatic heterocycles. The van der Waals surface area contributed by atoms with Gasteiger partial charge in [-0.1, -0.05) is 0 Å². The number of aromatic nitrogens is 3. The van der Waals surface area contributed by atoms with Gasteiger partial charge < -0.3 is 5.73 Å². The highest BCUT2D eigenvalue weighted by Gasteiger charge is 2.01. The summed E-state index contributed by atoms with van der Waals surface area (Å²) in [6.07, 6.45) is 3.69. The zero-order valence-electron chi connectivity index (χ0n) is 6.14. The molecule has 0 amide bonds. The van der Waals surface area contributed by atoms with E-state index in [-0.39, 0.29) is 0 Å². The number of nitrogens with two attached hydrogens (primary N) is 1. The van der Waals surface area contributed by atoms with Gasteiger partial charge in [-0.2, -0.15) is 5.10 Å². The Morgan fingerprint density at radius 2 is 2.42 bits per heavy atom. The van der Waals surface area contributed by atoms with E-state index in [1.165, 1.54) is 10.8 Å². The van der Waals surface area contributed by atoms with Crippen LogP contribution in [0.1, 0.15) is 10.4 Å². The van der Waals surface area contributed by atoms with Crippen LogP contribution in [0.25, 0.3) is 5.52 Å². The summed E-state index contributed by atoms with van der Waals surface area (Å²) in [6, 6.07) is 1.64. The van der Waals surface area contributed by atoms with Gasteiger partial charge in [0.25, 0.3) is 0 Å². The van der Waals surface area contributed by atoms with Crippen LogP contribution in [0.5, 0.6) is 0 Å². The Balaban J connectivity index is 2.82. The average Bonchev–Trinajstić information content (AvgIpc) is 2.49. The summed E-state index contributed by atoms with van der Waals surface area (Å²) in [5, 5.41) is 3.88. The molecule has 2 rings (SSSR count). The van der Waals surface area contributed by atoms with Gasteiger partial charge in [0.2, 0.25) is 0 Å². The van der Waals surface area contributed by atoms with Crippen LogP contribution in [0, 0.1) is 0 Å². The average molecular weight is 162 g/mol. The van der Waals surface area contributed by atoms with Crippen molar-refractivity contribution in [3.63, 3.8) is 0 Å². The first kappa shape index (κ1) is 6.78. The first-order valence-corrected chi connectivity index (χ1v) is 3.35. The van der Waals surface area contributed by atoms with Crippen molar-refractivity contribution in [2.45, 2.75) is 0 Å². The van der Waals surface area contributed by atoms with Crippen molar-refractivity contribution >= 4 is 17.6 Å². The molecule has 0 aromatic carbocycles. The Hall–Kier alpha value is -1.91. The molecular weight excluding hydrogens is 156 g/mol. The van der Waals surface area contributed by atoms with Gasteiger partial charge in [0.05, 0.1) is 0 Å². The van der Waals surface area contributed by atoms with E-state index in [1.54, 1.807) is 12.3 Å². The number of nitrogen functional groups attached to an aromatic ring is 1. The third kappa shape index (κ3) is 0.833. The lowest BCUT2D eigenvalue weighted by Crippen LogP contribution is -1.96. The predicted octanol–water partition coefficient (Wildman–Crippen LogP) is 0.124. The molecule has 0 saturated carbocycles. The molecule has 0 fully saturated rings. The van der Waals surface area contributed by atoms with Gasteiger partial charge in [0.1, 0.15) is 11.8 Å². The number of nitrogens with zero attached hydrogens (tertiary/aromatic N) is 3. The molecular formula is C7H6N4O. The first-order valence-electron chi connectivity index (χ1n) is 3.35. The van der Waals surface area contributed by atoms with Gasteiger partial charge in [-0.25, -0.2) is 9.50 Å². The molecule has 2 heterocycles. The number of carbonyl (C=O) groups excluding carboxylic acids is 1. The fourth-order valence-electron chi connectivity index (χ4n) is 1.03. The Morgan fingerprint density at radius 1 is 1.58 bits per heavy atom. The molecule has 0 unspecified atom stereocenters. The highest BCUT2D eigenvalue weighted by Crippen LogP contribution is 2.10. The first-order chi connectivity index (χ1) is 5.81. The molecule has 0 aliphatic carbocycles. The minimum atomic E-state index is 0.373. The predicted molar refractivity (Wildman–Crippen MR) is 42.8 cm³/mol. The molecule has 5 heteroatoms. The number of aldehydes is 1. The third-order valence-corrected chi connectivity index (χ3v) is 1.59. The SMILES string of the molecule is Nc1ncnn2cc(C=O)cc12. The van der Waals surface area contributed by atoms with Gasteiger partial charge in [0, 0.05) is 11.8 Å². The number of hydrogen-bond donors (Lipinski definition) is 1. The molecule has 0 radical (unpaired) electrons. The summed E-state index contributed by atoms with van der Waals surface area (Å²) < 4.78 is 1.52. The van der Waals surface area contributed by atoms with Crippen LogP contribution in [0.4, 0.5) is 5.82 Å². The Bertz CT molecular complexity index is 434. The second kappa shape index (κ2) is 2.30. The Kier molecular flexibility index (Phi) is 1.30. The van der Waals surface area contributed by atoms with Crippen molar-refractivity contribution in [2.75, 3.05) is 5.73 Å². The normalized spacial score (nSPS) is 10.3.